The Kier molecular flexibility index (Phi) is 7.34. The number of rotatable bonds is 7. The summed E-state index contributed by atoms with van der Waals surface area (Å²) < 4.78 is 10.0. The van der Waals surface area contributed by atoms with Gasteiger partial charge in [-0.25, -0.2) is 0 Å². The van der Waals surface area contributed by atoms with Crippen LogP contribution in [-0.4, -0.2) is 61.5 Å². The lowest BCUT2D eigenvalue weighted by atomic mass is 10.2. The number of carbonyl (C=O) groups is 1. The van der Waals surface area contributed by atoms with Gasteiger partial charge in [0.05, 0.1) is 19.1 Å². The molecule has 0 aromatic carbocycles. The largest absolute Gasteiger partial charge is 0.460 e. The third-order valence-corrected chi connectivity index (χ3v) is 2.00. The van der Waals surface area contributed by atoms with E-state index in [0.29, 0.717) is 26.1 Å². The summed E-state index contributed by atoms with van der Waals surface area (Å²) in [4.78, 5) is 13.3. The molecule has 0 amide bonds. The number of methoxy groups -OCH3 is 1. The zero-order chi connectivity index (χ0) is 13.5. The Morgan fingerprint density at radius 1 is 1.41 bits per heavy atom. The summed E-state index contributed by atoms with van der Waals surface area (Å²) in [5.41, 5.74) is -0.439. The molecule has 0 spiro atoms. The molecule has 0 aliphatic rings. The SMILES string of the molecule is COCC(O)CN(C)CCC(=O)OC(C)(C)C. The van der Waals surface area contributed by atoms with Gasteiger partial charge < -0.3 is 19.5 Å². The van der Waals surface area contributed by atoms with Gasteiger partial charge in [0, 0.05) is 20.2 Å². The number of aliphatic hydroxyl groups is 1. The summed E-state index contributed by atoms with van der Waals surface area (Å²) in [6.45, 7) is 6.88. The van der Waals surface area contributed by atoms with Crippen molar-refractivity contribution in [2.75, 3.05) is 33.9 Å². The number of aliphatic hydroxyl groups excluding tert-OH is 1. The van der Waals surface area contributed by atoms with E-state index in [1.807, 2.05) is 32.7 Å². The fraction of sp³-hybridized carbons (Fsp3) is 0.917. The maximum Gasteiger partial charge on any atom is 0.307 e. The summed E-state index contributed by atoms with van der Waals surface area (Å²) in [5, 5.41) is 9.49. The lowest BCUT2D eigenvalue weighted by Crippen LogP contribution is -2.34. The minimum Gasteiger partial charge on any atom is -0.460 e. The van der Waals surface area contributed by atoms with Crippen LogP contribution in [0.1, 0.15) is 27.2 Å². The number of carbonyl (C=O) groups excluding carboxylic acids is 1. The van der Waals surface area contributed by atoms with Crippen molar-refractivity contribution in [2.45, 2.75) is 38.9 Å². The molecule has 0 rings (SSSR count). The Bertz CT molecular complexity index is 225. The fourth-order valence-corrected chi connectivity index (χ4v) is 1.37. The highest BCUT2D eigenvalue weighted by Gasteiger charge is 2.17. The van der Waals surface area contributed by atoms with Gasteiger partial charge in [-0.1, -0.05) is 0 Å². The quantitative estimate of drug-likeness (QED) is 0.670. The molecule has 5 nitrogen and oxygen atoms in total. The van der Waals surface area contributed by atoms with E-state index >= 15 is 0 Å². The molecular formula is C12H25NO4. The van der Waals surface area contributed by atoms with E-state index in [0.717, 1.165) is 0 Å². The van der Waals surface area contributed by atoms with Crippen molar-refractivity contribution in [3.05, 3.63) is 0 Å². The molecule has 0 aromatic heterocycles. The second kappa shape index (κ2) is 7.63. The van der Waals surface area contributed by atoms with Gasteiger partial charge >= 0.3 is 5.97 Å². The third-order valence-electron chi connectivity index (χ3n) is 2.00. The van der Waals surface area contributed by atoms with Crippen LogP contribution in [-0.2, 0) is 14.3 Å². The van der Waals surface area contributed by atoms with Gasteiger partial charge in [0.25, 0.3) is 0 Å². The minimum atomic E-state index is -0.524. The lowest BCUT2D eigenvalue weighted by Gasteiger charge is -2.22. The predicted molar refractivity (Wildman–Crippen MR) is 65.8 cm³/mol. The van der Waals surface area contributed by atoms with Crippen molar-refractivity contribution in [1.29, 1.82) is 0 Å². The van der Waals surface area contributed by atoms with Crippen LogP contribution in [0, 0.1) is 0 Å². The Morgan fingerprint density at radius 2 is 2.00 bits per heavy atom. The smallest absolute Gasteiger partial charge is 0.307 e. The van der Waals surface area contributed by atoms with E-state index in [1.54, 1.807) is 7.11 Å². The van der Waals surface area contributed by atoms with Gasteiger partial charge in [0.15, 0.2) is 0 Å². The first-order valence-electron chi connectivity index (χ1n) is 5.82. The van der Waals surface area contributed by atoms with Crippen LogP contribution in [0.3, 0.4) is 0 Å². The number of likely N-dealkylation sites (N-methyl/N-ethyl adjacent to an activating group) is 1. The predicted octanol–water partition coefficient (Wildman–Crippen LogP) is 0.657. The van der Waals surface area contributed by atoms with Crippen molar-refractivity contribution < 1.29 is 19.4 Å². The standard InChI is InChI=1S/C12H25NO4/c1-12(2,3)17-11(15)6-7-13(4)8-10(14)9-16-5/h10,14H,6-9H2,1-5H3. The molecule has 1 N–H and O–H groups in total. The van der Waals surface area contributed by atoms with Gasteiger partial charge in [-0.15, -0.1) is 0 Å². The summed E-state index contributed by atoms with van der Waals surface area (Å²) in [6.07, 6.45) is -0.198. The number of esters is 1. The minimum absolute atomic E-state index is 0.217. The number of hydrogen-bond acceptors (Lipinski definition) is 5. The molecule has 0 heterocycles. The topological polar surface area (TPSA) is 59.0 Å². The first-order chi connectivity index (χ1) is 7.74. The molecule has 17 heavy (non-hydrogen) atoms. The van der Waals surface area contributed by atoms with Gasteiger partial charge in [0.1, 0.15) is 5.60 Å². The van der Waals surface area contributed by atoms with Gasteiger partial charge in [-0.3, -0.25) is 4.79 Å². The van der Waals surface area contributed by atoms with Crippen LogP contribution in [0.2, 0.25) is 0 Å². The average molecular weight is 247 g/mol. The van der Waals surface area contributed by atoms with Gasteiger partial charge in [0.2, 0.25) is 0 Å². The Morgan fingerprint density at radius 3 is 2.47 bits per heavy atom. The van der Waals surface area contributed by atoms with Crippen molar-refractivity contribution in [2.24, 2.45) is 0 Å². The lowest BCUT2D eigenvalue weighted by molar-refractivity contribution is -0.155. The zero-order valence-electron chi connectivity index (χ0n) is 11.5. The van der Waals surface area contributed by atoms with E-state index in [4.69, 9.17) is 9.47 Å². The summed E-state index contributed by atoms with van der Waals surface area (Å²) in [5.74, 6) is -0.217. The normalized spacial score (nSPS) is 13.8. The Labute approximate surface area is 104 Å². The molecule has 0 aliphatic carbocycles. The first kappa shape index (κ1) is 16.4. The van der Waals surface area contributed by atoms with Crippen LogP contribution >= 0.6 is 0 Å². The van der Waals surface area contributed by atoms with Gasteiger partial charge in [-0.05, 0) is 27.8 Å². The monoisotopic (exact) mass is 247 g/mol. The molecule has 0 aliphatic heterocycles. The highest BCUT2D eigenvalue weighted by molar-refractivity contribution is 5.70. The average Bonchev–Trinajstić information content (AvgIpc) is 2.12. The van der Waals surface area contributed by atoms with E-state index in [9.17, 15) is 9.90 Å². The van der Waals surface area contributed by atoms with Gasteiger partial charge in [-0.2, -0.15) is 0 Å². The molecule has 1 atom stereocenters. The second-order valence-corrected chi connectivity index (χ2v) is 5.21. The van der Waals surface area contributed by atoms with Crippen molar-refractivity contribution in [3.63, 3.8) is 0 Å². The molecule has 5 heteroatoms. The maximum absolute atomic E-state index is 11.4. The highest BCUT2D eigenvalue weighted by Crippen LogP contribution is 2.08. The van der Waals surface area contributed by atoms with Crippen LogP contribution in [0.5, 0.6) is 0 Å². The molecule has 0 aromatic rings. The third kappa shape index (κ3) is 10.2. The zero-order valence-corrected chi connectivity index (χ0v) is 11.5. The summed E-state index contributed by atoms with van der Waals surface area (Å²) in [6, 6.07) is 0. The van der Waals surface area contributed by atoms with Crippen LogP contribution in [0.4, 0.5) is 0 Å². The van der Waals surface area contributed by atoms with E-state index in [1.165, 1.54) is 0 Å². The van der Waals surface area contributed by atoms with E-state index < -0.39 is 11.7 Å². The molecule has 0 saturated carbocycles. The first-order valence-corrected chi connectivity index (χ1v) is 5.82. The Balaban J connectivity index is 3.76. The summed E-state index contributed by atoms with van der Waals surface area (Å²) in [7, 11) is 3.40. The van der Waals surface area contributed by atoms with E-state index in [2.05, 4.69) is 0 Å². The van der Waals surface area contributed by atoms with Crippen LogP contribution in [0.15, 0.2) is 0 Å². The molecule has 1 unspecified atom stereocenters. The van der Waals surface area contributed by atoms with Crippen molar-refractivity contribution in [3.8, 4) is 0 Å². The second-order valence-electron chi connectivity index (χ2n) is 5.21. The molecule has 102 valence electrons. The fourth-order valence-electron chi connectivity index (χ4n) is 1.37. The maximum atomic E-state index is 11.4. The van der Waals surface area contributed by atoms with Crippen molar-refractivity contribution >= 4 is 5.97 Å². The Hall–Kier alpha value is -0.650. The van der Waals surface area contributed by atoms with Crippen LogP contribution < -0.4 is 0 Å². The van der Waals surface area contributed by atoms with Crippen molar-refractivity contribution in [1.82, 2.24) is 4.90 Å². The molecule has 0 radical (unpaired) electrons. The summed E-state index contributed by atoms with van der Waals surface area (Å²) >= 11 is 0. The molecule has 0 saturated heterocycles. The van der Waals surface area contributed by atoms with Crippen LogP contribution in [0.25, 0.3) is 0 Å². The molecule has 0 fully saturated rings. The number of nitrogens with zero attached hydrogens (tertiary/aromatic N) is 1. The van der Waals surface area contributed by atoms with E-state index in [-0.39, 0.29) is 5.97 Å². The number of hydrogen-bond donors (Lipinski definition) is 1. The number of ether oxygens (including phenoxy) is 2. The highest BCUT2D eigenvalue weighted by atomic mass is 16.6. The molecule has 0 bridgehead atoms. The molecular weight excluding hydrogens is 222 g/mol.